The molecule has 0 unspecified atom stereocenters. The summed E-state index contributed by atoms with van der Waals surface area (Å²) in [5.74, 6) is 6.57. The monoisotopic (exact) mass is 309 g/mol. The smallest absolute Gasteiger partial charge is 0.312 e. The molecule has 0 fully saturated rings. The lowest BCUT2D eigenvalue weighted by Crippen LogP contribution is -2.52. The van der Waals surface area contributed by atoms with Gasteiger partial charge >= 0.3 is 20.5 Å². The minimum Gasteiger partial charge on any atom is -0.427 e. The molecule has 0 radical (unpaired) electrons. The number of benzene rings is 1. The largest absolute Gasteiger partial charge is 0.427 e. The van der Waals surface area contributed by atoms with Crippen molar-refractivity contribution in [3.63, 3.8) is 0 Å². The molecule has 114 valence electrons. The molecule has 24 heavy (non-hydrogen) atoms. The van der Waals surface area contributed by atoms with E-state index in [1.54, 1.807) is 0 Å². The average molecular weight is 309 g/mol. The second-order valence-corrected chi connectivity index (χ2v) is 6.10. The van der Waals surface area contributed by atoms with Crippen LogP contribution in [0.3, 0.4) is 0 Å². The van der Waals surface area contributed by atoms with Gasteiger partial charge in [0.1, 0.15) is 0 Å². The third-order valence-electron chi connectivity index (χ3n) is 4.44. The normalized spacial score (nSPS) is 17.8. The number of hydrogen-bond acceptors (Lipinski definition) is 3. The Morgan fingerprint density at radius 3 is 1.04 bits per heavy atom. The van der Waals surface area contributed by atoms with Gasteiger partial charge in [0.25, 0.3) is 0 Å². The van der Waals surface area contributed by atoms with Crippen LogP contribution in [0.5, 0.6) is 0 Å². The zero-order valence-corrected chi connectivity index (χ0v) is 13.4. The van der Waals surface area contributed by atoms with Crippen molar-refractivity contribution in [1.29, 1.82) is 0 Å². The van der Waals surface area contributed by atoms with E-state index in [4.69, 9.17) is 0 Å². The Balaban J connectivity index is 1.72. The van der Waals surface area contributed by atoms with Crippen LogP contribution in [-0.2, 0) is 0 Å². The Bertz CT molecular complexity index is 676. The first-order valence-corrected chi connectivity index (χ1v) is 8.33. The van der Waals surface area contributed by atoms with Gasteiger partial charge in [-0.2, -0.15) is 0 Å². The van der Waals surface area contributed by atoms with E-state index in [1.165, 1.54) is 16.4 Å². The molecule has 0 bridgehead atoms. The van der Waals surface area contributed by atoms with E-state index in [0.717, 1.165) is 0 Å². The lowest BCUT2D eigenvalue weighted by molar-refractivity contribution is 1.31. The Labute approximate surface area is 144 Å². The van der Waals surface area contributed by atoms with Crippen LogP contribution in [0, 0.1) is 0 Å². The van der Waals surface area contributed by atoms with Gasteiger partial charge in [-0.25, -0.2) is 0 Å². The lowest BCUT2D eigenvalue weighted by atomic mass is 9.46. The van der Waals surface area contributed by atoms with Crippen molar-refractivity contribution in [3.8, 4) is 0 Å². The average Bonchev–Trinajstić information content (AvgIpc) is 2.70. The van der Waals surface area contributed by atoms with Gasteiger partial charge in [-0.1, -0.05) is 70.7 Å². The first-order valence-electron chi connectivity index (χ1n) is 8.33. The van der Waals surface area contributed by atoms with Gasteiger partial charge in [0.15, 0.2) is 0 Å². The standard InChI is InChI=1S/C18H18B3N3/c1-4-10-22-19(7-1)16-13-17(20-8-2-5-11-23-20)15-18(14-16)21-9-3-6-12-24-21/h1-15,22-24H. The molecule has 6 heteroatoms. The Hall–Kier alpha value is -2.75. The predicted molar refractivity (Wildman–Crippen MR) is 107 cm³/mol. The highest BCUT2D eigenvalue weighted by Crippen LogP contribution is 1.98. The topological polar surface area (TPSA) is 36.1 Å². The van der Waals surface area contributed by atoms with Crippen molar-refractivity contribution in [3.05, 3.63) is 91.2 Å². The fraction of sp³-hybridized carbons (Fsp3) is 0. The fourth-order valence-corrected chi connectivity index (χ4v) is 3.20. The molecule has 0 aliphatic carbocycles. The van der Waals surface area contributed by atoms with E-state index in [0.29, 0.717) is 0 Å². The van der Waals surface area contributed by atoms with Crippen LogP contribution < -0.4 is 32.1 Å². The van der Waals surface area contributed by atoms with Crippen LogP contribution in [0.2, 0.25) is 0 Å². The summed E-state index contributed by atoms with van der Waals surface area (Å²) >= 11 is 0. The maximum atomic E-state index is 3.42. The molecule has 0 saturated carbocycles. The van der Waals surface area contributed by atoms with Gasteiger partial charge in [0.2, 0.25) is 0 Å². The molecule has 0 atom stereocenters. The van der Waals surface area contributed by atoms with Gasteiger partial charge in [-0.15, -0.1) is 0 Å². The van der Waals surface area contributed by atoms with Crippen molar-refractivity contribution in [1.82, 2.24) is 15.7 Å². The highest BCUT2D eigenvalue weighted by molar-refractivity contribution is 6.82. The highest BCUT2D eigenvalue weighted by atomic mass is 14.8. The predicted octanol–water partition coefficient (Wildman–Crippen LogP) is -0.0810. The first-order chi connectivity index (χ1) is 11.9. The quantitative estimate of drug-likeness (QED) is 0.684. The molecule has 0 amide bonds. The molecule has 0 saturated heterocycles. The Morgan fingerprint density at radius 1 is 0.458 bits per heavy atom. The zero-order chi connectivity index (χ0) is 16.2. The molecule has 3 aliphatic rings. The van der Waals surface area contributed by atoms with E-state index in [1.807, 2.05) is 36.8 Å². The summed E-state index contributed by atoms with van der Waals surface area (Å²) in [6.45, 7) is 0.625. The van der Waals surface area contributed by atoms with E-state index in [-0.39, 0.29) is 20.5 Å². The van der Waals surface area contributed by atoms with E-state index >= 15 is 0 Å². The number of allylic oxidation sites excluding steroid dienone is 6. The molecular weight excluding hydrogens is 291 g/mol. The van der Waals surface area contributed by atoms with Crippen LogP contribution in [0.25, 0.3) is 0 Å². The summed E-state index contributed by atoms with van der Waals surface area (Å²) in [5.41, 5.74) is 3.83. The Kier molecular flexibility index (Phi) is 4.19. The van der Waals surface area contributed by atoms with Gasteiger partial charge < -0.3 is 15.7 Å². The molecule has 1 aromatic rings. The minimum absolute atomic E-state index is 0.208. The van der Waals surface area contributed by atoms with Crippen LogP contribution in [-0.4, -0.2) is 20.5 Å². The first kappa shape index (κ1) is 14.8. The summed E-state index contributed by atoms with van der Waals surface area (Å²) < 4.78 is 0. The summed E-state index contributed by atoms with van der Waals surface area (Å²) in [5, 5.41) is 10.3. The SMILES string of the molecule is C1=CNB(c2cc(B3C=CC=CN3)cc(B3C=CC=CN3)c2)C=C1. The van der Waals surface area contributed by atoms with Crippen molar-refractivity contribution in [2.24, 2.45) is 0 Å². The third-order valence-corrected chi connectivity index (χ3v) is 4.44. The van der Waals surface area contributed by atoms with Gasteiger partial charge in [-0.3, -0.25) is 0 Å². The van der Waals surface area contributed by atoms with Crippen molar-refractivity contribution in [2.75, 3.05) is 0 Å². The molecule has 3 nitrogen and oxygen atoms in total. The molecule has 3 N–H and O–H groups in total. The van der Waals surface area contributed by atoms with Crippen LogP contribution >= 0.6 is 0 Å². The second kappa shape index (κ2) is 6.79. The van der Waals surface area contributed by atoms with E-state index in [2.05, 4.69) is 70.0 Å². The van der Waals surface area contributed by atoms with E-state index < -0.39 is 0 Å². The van der Waals surface area contributed by atoms with Gasteiger partial charge in [-0.05, 0) is 36.8 Å². The lowest BCUT2D eigenvalue weighted by Gasteiger charge is -2.21. The molecule has 0 spiro atoms. The number of hydrogen-bond donors (Lipinski definition) is 3. The van der Waals surface area contributed by atoms with Crippen LogP contribution in [0.4, 0.5) is 0 Å². The summed E-state index contributed by atoms with van der Waals surface area (Å²) in [7, 11) is 0. The van der Waals surface area contributed by atoms with Gasteiger partial charge in [0.05, 0.1) is 0 Å². The van der Waals surface area contributed by atoms with Crippen LogP contribution in [0.15, 0.2) is 91.2 Å². The molecule has 4 rings (SSSR count). The van der Waals surface area contributed by atoms with Crippen LogP contribution in [0.1, 0.15) is 0 Å². The maximum Gasteiger partial charge on any atom is 0.312 e. The van der Waals surface area contributed by atoms with Crippen molar-refractivity contribution >= 4 is 36.9 Å². The maximum absolute atomic E-state index is 3.42. The molecule has 3 aliphatic heterocycles. The highest BCUT2D eigenvalue weighted by Gasteiger charge is 2.23. The second-order valence-electron chi connectivity index (χ2n) is 6.10. The summed E-state index contributed by atoms with van der Waals surface area (Å²) in [6, 6.07) is 6.86. The zero-order valence-electron chi connectivity index (χ0n) is 13.4. The molecular formula is C18H18B3N3. The molecule has 0 aromatic heterocycles. The van der Waals surface area contributed by atoms with E-state index in [9.17, 15) is 0 Å². The van der Waals surface area contributed by atoms with Gasteiger partial charge in [0, 0.05) is 0 Å². The number of rotatable bonds is 3. The fourth-order valence-electron chi connectivity index (χ4n) is 3.20. The third kappa shape index (κ3) is 3.13. The minimum atomic E-state index is 0.208. The summed E-state index contributed by atoms with van der Waals surface area (Å²) in [4.78, 5) is 0. The van der Waals surface area contributed by atoms with Crippen molar-refractivity contribution < 1.29 is 0 Å². The summed E-state index contributed by atoms with van der Waals surface area (Å²) in [6.07, 6.45) is 18.3. The molecule has 3 heterocycles. The number of nitrogens with one attached hydrogen (secondary N) is 3. The Morgan fingerprint density at radius 2 is 0.792 bits per heavy atom. The van der Waals surface area contributed by atoms with Crippen molar-refractivity contribution in [2.45, 2.75) is 0 Å². The molecule has 1 aromatic carbocycles.